The van der Waals surface area contributed by atoms with Crippen LogP contribution in [0.5, 0.6) is 0 Å². The summed E-state index contributed by atoms with van der Waals surface area (Å²) in [5.41, 5.74) is 0. The molecule has 0 N–H and O–H groups in total. The molecule has 0 heterocycles. The summed E-state index contributed by atoms with van der Waals surface area (Å²) in [5, 5.41) is 1.68. The van der Waals surface area contributed by atoms with Crippen LogP contribution in [0.4, 0.5) is 26.3 Å². The zero-order valence-corrected chi connectivity index (χ0v) is 10.5. The first kappa shape index (κ1) is 17.5. The first-order valence-corrected chi connectivity index (χ1v) is 3.90. The van der Waals surface area contributed by atoms with E-state index in [2.05, 4.69) is 0 Å². The molecule has 0 amide bonds. The fourth-order valence-electron chi connectivity index (χ4n) is 0.321. The van der Waals surface area contributed by atoms with E-state index < -0.39 is 27.6 Å². The molecule has 0 aromatic heterocycles. The second-order valence-electron chi connectivity index (χ2n) is 1.94. The predicted octanol–water partition coefficient (Wildman–Crippen LogP) is -1.35. The van der Waals surface area contributed by atoms with Crippen molar-refractivity contribution in [2.45, 2.75) is 17.6 Å². The Hall–Kier alpha value is 1.13. The van der Waals surface area contributed by atoms with Crippen LogP contribution in [0.3, 0.4) is 0 Å². The summed E-state index contributed by atoms with van der Waals surface area (Å²) in [6.45, 7) is 0. The molecule has 0 aliphatic rings. The standard InChI is InChI=1S/C3HF6NO2S.K/c4-1(2(5,6)7)3(8,9)13(10,11)12;/h1H;/q-1;+1. The molecule has 0 fully saturated rings. The topological polar surface area (TPSA) is 56.4 Å². The Balaban J connectivity index is 0. The van der Waals surface area contributed by atoms with Crippen molar-refractivity contribution in [3.8, 4) is 0 Å². The summed E-state index contributed by atoms with van der Waals surface area (Å²) in [5.74, 6) is 0. The van der Waals surface area contributed by atoms with Gasteiger partial charge in [0.05, 0.1) is 0 Å². The fraction of sp³-hybridized carbons (Fsp3) is 1.00. The molecule has 11 heteroatoms. The van der Waals surface area contributed by atoms with Gasteiger partial charge in [0, 0.05) is 0 Å². The molecule has 0 saturated carbocycles. The summed E-state index contributed by atoms with van der Waals surface area (Å²) in [7, 11) is -6.41. The molecule has 14 heavy (non-hydrogen) atoms. The molecule has 1 radical (unpaired) electrons. The van der Waals surface area contributed by atoms with Crippen molar-refractivity contribution in [2.24, 2.45) is 0 Å². The summed E-state index contributed by atoms with van der Waals surface area (Å²) in [6.07, 6.45) is -11.0. The monoisotopic (exact) mass is 268 g/mol. The Morgan fingerprint density at radius 2 is 1.36 bits per heavy atom. The van der Waals surface area contributed by atoms with Crippen molar-refractivity contribution in [3.63, 3.8) is 0 Å². The largest absolute Gasteiger partial charge is 1.00 e. The van der Waals surface area contributed by atoms with E-state index >= 15 is 0 Å². The zero-order valence-electron chi connectivity index (χ0n) is 6.52. The minimum absolute atomic E-state index is 0. The van der Waals surface area contributed by atoms with Crippen molar-refractivity contribution in [1.82, 2.24) is 0 Å². The SMILES string of the molecule is [K+].[N-]S(=O)(=O)C(F)(F)C(F)C(F)(F)F. The maximum absolute atomic E-state index is 11.9. The number of hydrogen-bond donors (Lipinski definition) is 0. The smallest absolute Gasteiger partial charge is 0.677 e. The fourth-order valence-corrected chi connectivity index (χ4v) is 0.716. The second kappa shape index (κ2) is 4.97. The molecule has 1 atom stereocenters. The van der Waals surface area contributed by atoms with Gasteiger partial charge in [0.25, 0.3) is 6.17 Å². The molecule has 79 valence electrons. The minimum atomic E-state index is -6.41. The molecular weight excluding hydrogens is 267 g/mol. The first-order valence-electron chi connectivity index (χ1n) is 2.46. The van der Waals surface area contributed by atoms with Gasteiger partial charge in [-0.25, -0.2) is 12.8 Å². The van der Waals surface area contributed by atoms with Crippen LogP contribution in [-0.2, 0) is 10.0 Å². The average Bonchev–Trinajstić information content (AvgIpc) is 1.81. The van der Waals surface area contributed by atoms with Crippen molar-refractivity contribution < 1.29 is 86.1 Å². The molecular formula is C3HF6KNO2S. The molecule has 0 rings (SSSR count). The van der Waals surface area contributed by atoms with E-state index in [4.69, 9.17) is 5.14 Å². The predicted molar refractivity (Wildman–Crippen MR) is 28.2 cm³/mol. The molecule has 1 unspecified atom stereocenters. The summed E-state index contributed by atoms with van der Waals surface area (Å²) < 4.78 is 88.5. The van der Waals surface area contributed by atoms with Gasteiger partial charge in [0.2, 0.25) is 0 Å². The number of sulfonamides is 1. The maximum Gasteiger partial charge on any atom is 1.00 e. The van der Waals surface area contributed by atoms with Gasteiger partial charge in [-0.2, -0.15) is 22.0 Å². The Morgan fingerprint density at radius 1 is 1.07 bits per heavy atom. The number of rotatable bonds is 2. The Labute approximate surface area is 117 Å². The van der Waals surface area contributed by atoms with Crippen molar-refractivity contribution >= 4 is 10.0 Å². The van der Waals surface area contributed by atoms with Gasteiger partial charge in [-0.15, -0.1) is 0 Å². The van der Waals surface area contributed by atoms with E-state index in [-0.39, 0.29) is 51.4 Å². The minimum Gasteiger partial charge on any atom is -0.677 e. The van der Waals surface area contributed by atoms with Crippen molar-refractivity contribution in [1.29, 1.82) is 0 Å². The van der Waals surface area contributed by atoms with E-state index in [0.717, 1.165) is 0 Å². The van der Waals surface area contributed by atoms with Crippen LogP contribution in [0.2, 0.25) is 0 Å². The Bertz CT molecular complexity index is 286. The summed E-state index contributed by atoms with van der Waals surface area (Å²) in [6, 6.07) is 0. The van der Waals surface area contributed by atoms with Crippen LogP contribution < -0.4 is 51.4 Å². The van der Waals surface area contributed by atoms with Gasteiger partial charge in [0.15, 0.2) is 0 Å². The van der Waals surface area contributed by atoms with Gasteiger partial charge in [-0.3, -0.25) is 0 Å². The van der Waals surface area contributed by atoms with Crippen molar-refractivity contribution in [3.05, 3.63) is 5.14 Å². The molecule has 3 nitrogen and oxygen atoms in total. The van der Waals surface area contributed by atoms with E-state index in [0.29, 0.717) is 0 Å². The number of alkyl halides is 6. The van der Waals surface area contributed by atoms with E-state index in [1.807, 2.05) is 0 Å². The van der Waals surface area contributed by atoms with Gasteiger partial charge in [0.1, 0.15) is 10.0 Å². The van der Waals surface area contributed by atoms with Gasteiger partial charge in [-0.1, -0.05) is 0 Å². The molecule has 0 aromatic rings. The molecule has 0 aliphatic carbocycles. The molecule has 0 spiro atoms. The van der Waals surface area contributed by atoms with Crippen molar-refractivity contribution in [2.75, 3.05) is 0 Å². The van der Waals surface area contributed by atoms with Crippen LogP contribution in [0, 0.1) is 0 Å². The first-order chi connectivity index (χ1) is 5.40. The Kier molecular flexibility index (Phi) is 6.22. The van der Waals surface area contributed by atoms with Crippen LogP contribution in [0.1, 0.15) is 0 Å². The molecule has 0 bridgehead atoms. The number of halogens is 6. The van der Waals surface area contributed by atoms with E-state index in [1.165, 1.54) is 0 Å². The number of hydrogen-bond acceptors (Lipinski definition) is 2. The van der Waals surface area contributed by atoms with Crippen LogP contribution >= 0.6 is 0 Å². The average molecular weight is 268 g/mol. The third-order valence-corrected chi connectivity index (χ3v) is 1.82. The maximum atomic E-state index is 11.9. The quantitative estimate of drug-likeness (QED) is 0.459. The normalized spacial score (nSPS) is 15.9. The molecule has 0 aromatic carbocycles. The summed E-state index contributed by atoms with van der Waals surface area (Å²) >= 11 is 0. The molecule has 0 aliphatic heterocycles. The summed E-state index contributed by atoms with van der Waals surface area (Å²) in [4.78, 5) is 0. The van der Waals surface area contributed by atoms with E-state index in [9.17, 15) is 34.8 Å². The zero-order chi connectivity index (χ0) is 11.1. The second-order valence-corrected chi connectivity index (χ2v) is 3.44. The molecule has 0 saturated heterocycles. The van der Waals surface area contributed by atoms with Crippen LogP contribution in [-0.4, -0.2) is 26.0 Å². The van der Waals surface area contributed by atoms with E-state index in [1.54, 1.807) is 0 Å². The van der Waals surface area contributed by atoms with Gasteiger partial charge >= 0.3 is 62.8 Å². The third-order valence-electron chi connectivity index (χ3n) is 0.926. The third kappa shape index (κ3) is 3.94. The Morgan fingerprint density at radius 3 is 1.43 bits per heavy atom. The van der Waals surface area contributed by atoms with Crippen LogP contribution in [0.25, 0.3) is 5.14 Å². The van der Waals surface area contributed by atoms with Gasteiger partial charge < -0.3 is 5.14 Å². The van der Waals surface area contributed by atoms with Crippen LogP contribution in [0.15, 0.2) is 0 Å². The van der Waals surface area contributed by atoms with Gasteiger partial charge in [-0.05, 0) is 0 Å². The number of nitrogens with zero attached hydrogens (tertiary/aromatic N) is 1.